The van der Waals surface area contributed by atoms with Crippen LogP contribution in [-0.4, -0.2) is 12.6 Å². The average molecular weight is 282 g/mol. The summed E-state index contributed by atoms with van der Waals surface area (Å²) in [6, 6.07) is 2.59. The molecule has 0 unspecified atom stereocenters. The van der Waals surface area contributed by atoms with Gasteiger partial charge >= 0.3 is 0 Å². The number of hydrogen-bond acceptors (Lipinski definition) is 2. The topological polar surface area (TPSA) is 29.3 Å². The van der Waals surface area contributed by atoms with Crippen LogP contribution in [-0.2, 0) is 0 Å². The normalized spacial score (nSPS) is 16.1. The molecule has 20 heavy (non-hydrogen) atoms. The van der Waals surface area contributed by atoms with Crippen LogP contribution in [0.4, 0.5) is 20.2 Å². The first-order valence-electron chi connectivity index (χ1n) is 7.50. The van der Waals surface area contributed by atoms with Crippen molar-refractivity contribution in [3.8, 4) is 0 Å². The quantitative estimate of drug-likeness (QED) is 0.814. The first-order valence-corrected chi connectivity index (χ1v) is 7.50. The van der Waals surface area contributed by atoms with Crippen LogP contribution in [0.25, 0.3) is 0 Å². The van der Waals surface area contributed by atoms with Gasteiger partial charge in [0, 0.05) is 18.7 Å². The molecule has 0 bridgehead atoms. The second-order valence-electron chi connectivity index (χ2n) is 6.13. The van der Waals surface area contributed by atoms with Gasteiger partial charge < -0.3 is 10.6 Å². The van der Waals surface area contributed by atoms with Gasteiger partial charge in [-0.1, -0.05) is 26.7 Å². The maximum atomic E-state index is 13.7. The van der Waals surface area contributed by atoms with Crippen molar-refractivity contribution < 1.29 is 8.78 Å². The Labute approximate surface area is 120 Å². The largest absolute Gasteiger partial charge is 0.395 e. The van der Waals surface area contributed by atoms with Crippen molar-refractivity contribution in [1.82, 2.24) is 0 Å². The maximum absolute atomic E-state index is 13.7. The molecule has 0 amide bonds. The van der Waals surface area contributed by atoms with Crippen molar-refractivity contribution in [1.29, 1.82) is 0 Å². The third-order valence-corrected chi connectivity index (χ3v) is 4.09. The molecule has 2 rings (SSSR count). The Morgan fingerprint density at radius 1 is 1.25 bits per heavy atom. The van der Waals surface area contributed by atoms with E-state index in [-0.39, 0.29) is 5.69 Å². The molecule has 0 aromatic heterocycles. The van der Waals surface area contributed by atoms with Crippen LogP contribution in [0.15, 0.2) is 12.1 Å². The number of nitrogens with two attached hydrogens (primary N) is 1. The van der Waals surface area contributed by atoms with E-state index < -0.39 is 11.6 Å². The van der Waals surface area contributed by atoms with Crippen LogP contribution in [0.3, 0.4) is 0 Å². The molecular weight excluding hydrogens is 258 g/mol. The highest BCUT2D eigenvalue weighted by Crippen LogP contribution is 2.34. The van der Waals surface area contributed by atoms with E-state index >= 15 is 0 Å². The van der Waals surface area contributed by atoms with Crippen molar-refractivity contribution in [2.24, 2.45) is 5.92 Å². The Morgan fingerprint density at radius 3 is 2.50 bits per heavy atom. The molecule has 0 atom stereocenters. The Hall–Kier alpha value is -1.32. The minimum Gasteiger partial charge on any atom is -0.395 e. The van der Waals surface area contributed by atoms with Crippen molar-refractivity contribution in [2.45, 2.75) is 52.0 Å². The molecule has 2 nitrogen and oxygen atoms in total. The lowest BCUT2D eigenvalue weighted by Gasteiger charge is -2.33. The highest BCUT2D eigenvalue weighted by molar-refractivity contribution is 5.68. The van der Waals surface area contributed by atoms with E-state index in [1.54, 1.807) is 0 Å². The van der Waals surface area contributed by atoms with Gasteiger partial charge in [0.15, 0.2) is 5.82 Å². The number of nitrogen functional groups attached to an aromatic ring is 1. The SMILES string of the molecule is CC(C)CCN(c1cc(F)cc(F)c1N)C1CCCC1. The maximum Gasteiger partial charge on any atom is 0.151 e. The van der Waals surface area contributed by atoms with Gasteiger partial charge in [-0.25, -0.2) is 8.78 Å². The van der Waals surface area contributed by atoms with Crippen molar-refractivity contribution in [3.63, 3.8) is 0 Å². The fourth-order valence-electron chi connectivity index (χ4n) is 2.92. The summed E-state index contributed by atoms with van der Waals surface area (Å²) < 4.78 is 27.2. The van der Waals surface area contributed by atoms with Gasteiger partial charge in [0.2, 0.25) is 0 Å². The number of benzene rings is 1. The van der Waals surface area contributed by atoms with Crippen LogP contribution >= 0.6 is 0 Å². The smallest absolute Gasteiger partial charge is 0.151 e. The molecule has 1 aliphatic carbocycles. The van der Waals surface area contributed by atoms with Crippen LogP contribution in [0, 0.1) is 17.6 Å². The molecule has 1 fully saturated rings. The fraction of sp³-hybridized carbons (Fsp3) is 0.625. The van der Waals surface area contributed by atoms with E-state index in [9.17, 15) is 8.78 Å². The van der Waals surface area contributed by atoms with Crippen molar-refractivity contribution >= 4 is 11.4 Å². The van der Waals surface area contributed by atoms with Gasteiger partial charge in [0.05, 0.1) is 11.4 Å². The number of halogens is 2. The van der Waals surface area contributed by atoms with Crippen LogP contribution in [0.5, 0.6) is 0 Å². The second kappa shape index (κ2) is 6.42. The highest BCUT2D eigenvalue weighted by Gasteiger charge is 2.25. The number of anilines is 2. The fourth-order valence-corrected chi connectivity index (χ4v) is 2.92. The molecule has 1 saturated carbocycles. The molecule has 0 saturated heterocycles. The minimum absolute atomic E-state index is 0.0713. The van der Waals surface area contributed by atoms with Gasteiger partial charge in [0.1, 0.15) is 5.82 Å². The predicted molar refractivity (Wildman–Crippen MR) is 79.8 cm³/mol. The summed E-state index contributed by atoms with van der Waals surface area (Å²) >= 11 is 0. The first kappa shape index (κ1) is 15.1. The molecule has 0 spiro atoms. The van der Waals surface area contributed by atoms with E-state index in [4.69, 9.17) is 5.73 Å². The number of nitrogens with zero attached hydrogens (tertiary/aromatic N) is 1. The molecule has 1 aliphatic rings. The van der Waals surface area contributed by atoms with Gasteiger partial charge in [-0.2, -0.15) is 0 Å². The predicted octanol–water partition coefficient (Wildman–Crippen LogP) is 4.34. The molecule has 2 N–H and O–H groups in total. The van der Waals surface area contributed by atoms with E-state index in [0.29, 0.717) is 17.6 Å². The van der Waals surface area contributed by atoms with Crippen LogP contribution in [0.1, 0.15) is 46.0 Å². The summed E-state index contributed by atoms with van der Waals surface area (Å²) in [5.41, 5.74) is 6.44. The standard InChI is InChI=1S/C16H24F2N2/c1-11(2)7-8-20(13-5-3-4-6-13)15-10-12(17)9-14(18)16(15)19/h9-11,13H,3-8,19H2,1-2H3. The van der Waals surface area contributed by atoms with Gasteiger partial charge in [-0.05, 0) is 31.2 Å². The third-order valence-electron chi connectivity index (χ3n) is 4.09. The Balaban J connectivity index is 2.29. The summed E-state index contributed by atoms with van der Waals surface area (Å²) in [4.78, 5) is 2.12. The van der Waals surface area contributed by atoms with E-state index in [1.807, 2.05) is 0 Å². The van der Waals surface area contributed by atoms with E-state index in [1.165, 1.54) is 18.9 Å². The third kappa shape index (κ3) is 3.41. The molecule has 0 radical (unpaired) electrons. The monoisotopic (exact) mass is 282 g/mol. The number of hydrogen-bond donors (Lipinski definition) is 1. The zero-order chi connectivity index (χ0) is 14.7. The van der Waals surface area contributed by atoms with E-state index in [2.05, 4.69) is 18.7 Å². The zero-order valence-corrected chi connectivity index (χ0v) is 12.3. The first-order chi connectivity index (χ1) is 9.49. The molecule has 4 heteroatoms. The Bertz CT molecular complexity index is 454. The second-order valence-corrected chi connectivity index (χ2v) is 6.13. The molecular formula is C16H24F2N2. The summed E-state index contributed by atoms with van der Waals surface area (Å²) in [5, 5.41) is 0. The molecule has 0 aliphatic heterocycles. The van der Waals surface area contributed by atoms with E-state index in [0.717, 1.165) is 31.9 Å². The molecule has 1 aromatic rings. The van der Waals surface area contributed by atoms with Gasteiger partial charge in [0.25, 0.3) is 0 Å². The molecule has 0 heterocycles. The lowest BCUT2D eigenvalue weighted by molar-refractivity contribution is 0.525. The number of rotatable bonds is 5. The highest BCUT2D eigenvalue weighted by atomic mass is 19.1. The average Bonchev–Trinajstić information content (AvgIpc) is 2.88. The summed E-state index contributed by atoms with van der Waals surface area (Å²) in [7, 11) is 0. The van der Waals surface area contributed by atoms with Crippen molar-refractivity contribution in [3.05, 3.63) is 23.8 Å². The summed E-state index contributed by atoms with van der Waals surface area (Å²) in [5.74, 6) is -0.662. The minimum atomic E-state index is -0.660. The van der Waals surface area contributed by atoms with Crippen molar-refractivity contribution in [2.75, 3.05) is 17.2 Å². The lowest BCUT2D eigenvalue weighted by Crippen LogP contribution is -2.35. The summed E-state index contributed by atoms with van der Waals surface area (Å²) in [6.07, 6.45) is 5.51. The van der Waals surface area contributed by atoms with Gasteiger partial charge in [-0.15, -0.1) is 0 Å². The Kier molecular flexibility index (Phi) is 4.84. The molecule has 112 valence electrons. The lowest BCUT2D eigenvalue weighted by atomic mass is 10.1. The van der Waals surface area contributed by atoms with Crippen LogP contribution < -0.4 is 10.6 Å². The molecule has 1 aromatic carbocycles. The van der Waals surface area contributed by atoms with Crippen LogP contribution in [0.2, 0.25) is 0 Å². The van der Waals surface area contributed by atoms with Gasteiger partial charge in [-0.3, -0.25) is 0 Å². The summed E-state index contributed by atoms with van der Waals surface area (Å²) in [6.45, 7) is 5.11. The zero-order valence-electron chi connectivity index (χ0n) is 12.3. The Morgan fingerprint density at radius 2 is 1.90 bits per heavy atom.